The Bertz CT molecular complexity index is 1230. The Balaban J connectivity index is 1.65. The van der Waals surface area contributed by atoms with Crippen LogP contribution in [-0.2, 0) is 10.7 Å². The number of nitrogens with zero attached hydrogens (tertiary/aromatic N) is 4. The topological polar surface area (TPSA) is 83.0 Å². The first-order chi connectivity index (χ1) is 16.0. The van der Waals surface area contributed by atoms with Crippen LogP contribution in [0, 0.1) is 12.7 Å². The number of halogens is 3. The molecule has 2 atom stereocenters. The maximum absolute atomic E-state index is 14.9. The summed E-state index contributed by atoms with van der Waals surface area (Å²) in [7, 11) is 0. The summed E-state index contributed by atoms with van der Waals surface area (Å²) in [5.74, 6) is -2.62. The van der Waals surface area contributed by atoms with E-state index in [0.717, 1.165) is 19.0 Å². The van der Waals surface area contributed by atoms with Crippen molar-refractivity contribution in [1.29, 1.82) is 0 Å². The molecule has 180 valence electrons. The van der Waals surface area contributed by atoms with Crippen LogP contribution in [0.2, 0.25) is 0 Å². The van der Waals surface area contributed by atoms with Crippen LogP contribution in [0.15, 0.2) is 30.5 Å². The Morgan fingerprint density at radius 1 is 1.29 bits per heavy atom. The highest BCUT2D eigenvalue weighted by Crippen LogP contribution is 2.34. The highest BCUT2D eigenvalue weighted by Gasteiger charge is 2.30. The van der Waals surface area contributed by atoms with Gasteiger partial charge in [-0.3, -0.25) is 4.79 Å². The second-order valence-corrected chi connectivity index (χ2v) is 8.77. The van der Waals surface area contributed by atoms with Gasteiger partial charge in [-0.2, -0.15) is 0 Å². The molecule has 0 radical (unpaired) electrons. The van der Waals surface area contributed by atoms with Crippen LogP contribution >= 0.6 is 0 Å². The maximum atomic E-state index is 14.9. The first-order valence-corrected chi connectivity index (χ1v) is 11.1. The predicted molar refractivity (Wildman–Crippen MR) is 125 cm³/mol. The molecular formula is C24H27F3N6O. The highest BCUT2D eigenvalue weighted by atomic mass is 19.3. The molecule has 0 bridgehead atoms. The summed E-state index contributed by atoms with van der Waals surface area (Å²) < 4.78 is 42.6. The normalized spacial score (nSPS) is 17.1. The summed E-state index contributed by atoms with van der Waals surface area (Å²) in [6.07, 6.45) is 2.46. The van der Waals surface area contributed by atoms with Crippen molar-refractivity contribution in [3.8, 4) is 0 Å². The van der Waals surface area contributed by atoms with Crippen LogP contribution in [0.25, 0.3) is 10.9 Å². The van der Waals surface area contributed by atoms with Gasteiger partial charge < -0.3 is 15.5 Å². The van der Waals surface area contributed by atoms with Crippen LogP contribution in [0.5, 0.6) is 0 Å². The molecule has 34 heavy (non-hydrogen) atoms. The Morgan fingerprint density at radius 2 is 2.06 bits per heavy atom. The fourth-order valence-electron chi connectivity index (χ4n) is 4.30. The minimum Gasteiger partial charge on any atom is -0.363 e. The average molecular weight is 473 g/mol. The van der Waals surface area contributed by atoms with E-state index in [0.29, 0.717) is 41.8 Å². The Hall–Kier alpha value is -3.43. The van der Waals surface area contributed by atoms with E-state index in [1.165, 1.54) is 19.1 Å². The molecule has 1 aromatic carbocycles. The number of fused-ring (bicyclic) bond motifs is 1. The summed E-state index contributed by atoms with van der Waals surface area (Å²) in [6.45, 7) is 6.97. The largest absolute Gasteiger partial charge is 0.363 e. The fraction of sp³-hybridized carbons (Fsp3) is 0.417. The first-order valence-electron chi connectivity index (χ1n) is 11.1. The monoisotopic (exact) mass is 472 g/mol. The lowest BCUT2D eigenvalue weighted by molar-refractivity contribution is -0.119. The Labute approximate surface area is 195 Å². The van der Waals surface area contributed by atoms with E-state index in [1.807, 2.05) is 6.07 Å². The minimum atomic E-state index is -3.29. The van der Waals surface area contributed by atoms with Gasteiger partial charge in [-0.25, -0.2) is 28.1 Å². The third-order valence-electron chi connectivity index (χ3n) is 5.92. The van der Waals surface area contributed by atoms with Crippen molar-refractivity contribution in [1.82, 2.24) is 20.3 Å². The lowest BCUT2D eigenvalue weighted by atomic mass is 10.0. The number of hydrogen-bond acceptors (Lipinski definition) is 6. The lowest BCUT2D eigenvalue weighted by Crippen LogP contribution is -2.35. The van der Waals surface area contributed by atoms with Crippen molar-refractivity contribution in [3.05, 3.63) is 53.2 Å². The van der Waals surface area contributed by atoms with Gasteiger partial charge in [0.15, 0.2) is 0 Å². The van der Waals surface area contributed by atoms with E-state index < -0.39 is 23.3 Å². The summed E-state index contributed by atoms with van der Waals surface area (Å²) in [5, 5.41) is 6.79. The molecule has 1 unspecified atom stereocenters. The number of anilines is 2. The summed E-state index contributed by atoms with van der Waals surface area (Å²) in [5.41, 5.74) is 0.0879. The van der Waals surface area contributed by atoms with Gasteiger partial charge in [0, 0.05) is 43.9 Å². The van der Waals surface area contributed by atoms with E-state index in [9.17, 15) is 18.0 Å². The van der Waals surface area contributed by atoms with Crippen molar-refractivity contribution in [2.45, 2.75) is 52.1 Å². The van der Waals surface area contributed by atoms with Crippen molar-refractivity contribution < 1.29 is 18.0 Å². The number of nitrogens with one attached hydrogen (secondary N) is 2. The molecule has 1 fully saturated rings. The molecule has 2 aromatic heterocycles. The van der Waals surface area contributed by atoms with Crippen LogP contribution in [-0.4, -0.2) is 40.0 Å². The Kier molecular flexibility index (Phi) is 6.33. The van der Waals surface area contributed by atoms with E-state index in [2.05, 4.69) is 30.5 Å². The minimum absolute atomic E-state index is 0.0498. The highest BCUT2D eigenvalue weighted by molar-refractivity contribution is 5.90. The van der Waals surface area contributed by atoms with Crippen LogP contribution < -0.4 is 15.5 Å². The molecule has 0 spiro atoms. The van der Waals surface area contributed by atoms with Gasteiger partial charge in [0.1, 0.15) is 23.3 Å². The molecule has 2 N–H and O–H groups in total. The summed E-state index contributed by atoms with van der Waals surface area (Å²) in [4.78, 5) is 26.9. The number of aromatic nitrogens is 3. The first kappa shape index (κ1) is 23.7. The van der Waals surface area contributed by atoms with Gasteiger partial charge in [-0.15, -0.1) is 0 Å². The van der Waals surface area contributed by atoms with E-state index >= 15 is 0 Å². The van der Waals surface area contributed by atoms with Crippen molar-refractivity contribution in [2.24, 2.45) is 0 Å². The number of aryl methyl sites for hydroxylation is 1. The molecule has 3 heterocycles. The molecule has 1 aliphatic heterocycles. The van der Waals surface area contributed by atoms with Crippen LogP contribution in [0.1, 0.15) is 50.2 Å². The van der Waals surface area contributed by atoms with Crippen molar-refractivity contribution >= 4 is 28.4 Å². The number of carbonyl (C=O) groups excluding carboxylic acids is 1. The third-order valence-corrected chi connectivity index (χ3v) is 5.92. The summed E-state index contributed by atoms with van der Waals surface area (Å²) >= 11 is 0. The van der Waals surface area contributed by atoms with E-state index in [1.54, 1.807) is 20.0 Å². The average Bonchev–Trinajstić information content (AvgIpc) is 3.20. The van der Waals surface area contributed by atoms with Gasteiger partial charge in [0.05, 0.1) is 23.3 Å². The zero-order chi connectivity index (χ0) is 24.6. The van der Waals surface area contributed by atoms with Crippen LogP contribution in [0.4, 0.5) is 24.8 Å². The van der Waals surface area contributed by atoms with Gasteiger partial charge in [-0.05, 0) is 26.3 Å². The standard InChI is InChI=1S/C24H27F3N6O/c1-13(17-6-5-7-19(22(17)25)24(4,26)27)29-23-18-10-21(28-11-20(18)30-14(2)31-23)33-9-8-16(12-33)32-15(3)34/h5-7,10-11,13,16H,8-9,12H2,1-4H3,(H,32,34)(H,29,30,31)/t13?,16-/m1/s1. The van der Waals surface area contributed by atoms with Crippen molar-refractivity contribution in [3.63, 3.8) is 0 Å². The van der Waals surface area contributed by atoms with Gasteiger partial charge in [0.25, 0.3) is 5.92 Å². The molecule has 7 nitrogen and oxygen atoms in total. The number of benzene rings is 1. The number of carbonyl (C=O) groups is 1. The van der Waals surface area contributed by atoms with Crippen molar-refractivity contribution in [2.75, 3.05) is 23.3 Å². The molecule has 1 aliphatic rings. The number of amides is 1. The smallest absolute Gasteiger partial charge is 0.273 e. The maximum Gasteiger partial charge on any atom is 0.273 e. The zero-order valence-electron chi connectivity index (χ0n) is 19.5. The Morgan fingerprint density at radius 3 is 2.76 bits per heavy atom. The molecule has 0 saturated carbocycles. The SMILES string of the molecule is CC(=O)N[C@@H]1CCN(c2cc3c(NC(C)c4cccc(C(C)(F)F)c4F)nc(C)nc3cn2)C1. The van der Waals surface area contributed by atoms with Gasteiger partial charge in [0.2, 0.25) is 5.91 Å². The number of hydrogen-bond donors (Lipinski definition) is 2. The number of pyridine rings is 1. The fourth-order valence-corrected chi connectivity index (χ4v) is 4.30. The second-order valence-electron chi connectivity index (χ2n) is 8.77. The molecule has 3 aromatic rings. The predicted octanol–water partition coefficient (Wildman–Crippen LogP) is 4.47. The summed E-state index contributed by atoms with van der Waals surface area (Å²) in [6, 6.07) is 5.28. The number of rotatable bonds is 6. The zero-order valence-corrected chi connectivity index (χ0v) is 19.5. The molecule has 4 rings (SSSR count). The lowest BCUT2D eigenvalue weighted by Gasteiger charge is -2.21. The van der Waals surface area contributed by atoms with Crippen LogP contribution in [0.3, 0.4) is 0 Å². The molecular weight excluding hydrogens is 445 g/mol. The molecule has 10 heteroatoms. The quantitative estimate of drug-likeness (QED) is 0.551. The molecule has 1 saturated heterocycles. The van der Waals surface area contributed by atoms with E-state index in [-0.39, 0.29) is 17.5 Å². The van der Waals surface area contributed by atoms with E-state index in [4.69, 9.17) is 0 Å². The number of alkyl halides is 2. The second kappa shape index (κ2) is 9.08. The van der Waals surface area contributed by atoms with Gasteiger partial charge in [-0.1, -0.05) is 18.2 Å². The molecule has 0 aliphatic carbocycles. The third kappa shape index (κ3) is 4.90. The van der Waals surface area contributed by atoms with Gasteiger partial charge >= 0.3 is 0 Å². The molecule has 1 amide bonds.